The smallest absolute Gasteiger partial charge is 0.0682 e. The maximum Gasteiger partial charge on any atom is 0.0682 e. The number of benzene rings is 1. The van der Waals surface area contributed by atoms with Crippen LogP contribution in [0.25, 0.3) is 5.69 Å². The first-order valence-electron chi connectivity index (χ1n) is 8.48. The Labute approximate surface area is 138 Å². The third-order valence-electron chi connectivity index (χ3n) is 4.52. The lowest BCUT2D eigenvalue weighted by Gasteiger charge is -2.15. The van der Waals surface area contributed by atoms with Gasteiger partial charge in [0.2, 0.25) is 0 Å². The second-order valence-corrected chi connectivity index (χ2v) is 7.56. The summed E-state index contributed by atoms with van der Waals surface area (Å²) in [5.74, 6) is 0. The summed E-state index contributed by atoms with van der Waals surface area (Å²) in [6.07, 6.45) is 3.84. The molecule has 2 heterocycles. The number of likely N-dealkylation sites (tertiary alicyclic amines) is 1. The van der Waals surface area contributed by atoms with Gasteiger partial charge in [0.1, 0.15) is 0 Å². The van der Waals surface area contributed by atoms with E-state index in [4.69, 9.17) is 0 Å². The van der Waals surface area contributed by atoms with Crippen molar-refractivity contribution in [2.24, 2.45) is 0 Å². The normalized spacial score (nSPS) is 19.4. The van der Waals surface area contributed by atoms with Crippen LogP contribution in [-0.4, -0.2) is 45.5 Å². The number of nitrogens with zero attached hydrogens (tertiary/aromatic N) is 3. The van der Waals surface area contributed by atoms with Crippen LogP contribution in [0.4, 0.5) is 0 Å². The predicted molar refractivity (Wildman–Crippen MR) is 93.0 cm³/mol. The second kappa shape index (κ2) is 6.46. The summed E-state index contributed by atoms with van der Waals surface area (Å²) in [5, 5.41) is 14.2. The monoisotopic (exact) mass is 313 g/mol. The third kappa shape index (κ3) is 4.01. The molecule has 1 aromatic carbocycles. The number of aromatic nitrogens is 2. The molecular formula is C19H27N3O. The number of aliphatic hydroxyl groups is 1. The van der Waals surface area contributed by atoms with Crippen molar-refractivity contribution in [2.75, 3.05) is 19.6 Å². The van der Waals surface area contributed by atoms with Crippen LogP contribution in [-0.2, 0) is 11.8 Å². The molecule has 1 aliphatic heterocycles. The minimum Gasteiger partial charge on any atom is -0.392 e. The summed E-state index contributed by atoms with van der Waals surface area (Å²) in [6, 6.07) is 10.7. The van der Waals surface area contributed by atoms with Crippen molar-refractivity contribution in [1.82, 2.24) is 14.7 Å². The van der Waals surface area contributed by atoms with Gasteiger partial charge in [-0.05, 0) is 36.6 Å². The van der Waals surface area contributed by atoms with Crippen molar-refractivity contribution < 1.29 is 5.11 Å². The van der Waals surface area contributed by atoms with Gasteiger partial charge in [-0.15, -0.1) is 0 Å². The highest BCUT2D eigenvalue weighted by molar-refractivity contribution is 5.34. The lowest BCUT2D eigenvalue weighted by Crippen LogP contribution is -2.24. The molecule has 1 fully saturated rings. The van der Waals surface area contributed by atoms with E-state index in [0.29, 0.717) is 0 Å². The number of rotatable bonds is 4. The highest BCUT2D eigenvalue weighted by atomic mass is 16.3. The minimum absolute atomic E-state index is 0.0749. The lowest BCUT2D eigenvalue weighted by atomic mass is 9.93. The van der Waals surface area contributed by atoms with Crippen molar-refractivity contribution in [3.8, 4) is 5.69 Å². The number of aliphatic hydroxyl groups excluding tert-OH is 1. The van der Waals surface area contributed by atoms with Crippen molar-refractivity contribution in [3.05, 3.63) is 47.8 Å². The summed E-state index contributed by atoms with van der Waals surface area (Å²) in [4.78, 5) is 2.34. The van der Waals surface area contributed by atoms with E-state index in [1.807, 2.05) is 10.9 Å². The molecule has 1 aromatic heterocycles. The fraction of sp³-hybridized carbons (Fsp3) is 0.526. The topological polar surface area (TPSA) is 41.3 Å². The van der Waals surface area contributed by atoms with E-state index >= 15 is 0 Å². The maximum absolute atomic E-state index is 9.57. The Kier molecular flexibility index (Phi) is 4.55. The molecule has 0 bridgehead atoms. The van der Waals surface area contributed by atoms with Gasteiger partial charge in [0.15, 0.2) is 0 Å². The molecule has 4 heteroatoms. The first-order chi connectivity index (χ1) is 10.9. The predicted octanol–water partition coefficient (Wildman–Crippen LogP) is 2.78. The van der Waals surface area contributed by atoms with Crippen LogP contribution in [0.3, 0.4) is 0 Å². The van der Waals surface area contributed by atoms with Crippen molar-refractivity contribution in [1.29, 1.82) is 0 Å². The average Bonchev–Trinajstić information content (AvgIpc) is 3.14. The van der Waals surface area contributed by atoms with Gasteiger partial charge in [0, 0.05) is 31.2 Å². The Hall–Kier alpha value is -1.65. The van der Waals surface area contributed by atoms with E-state index in [9.17, 15) is 5.11 Å². The van der Waals surface area contributed by atoms with Gasteiger partial charge in [-0.2, -0.15) is 5.10 Å². The molecule has 0 radical (unpaired) electrons. The standard InChI is InChI=1S/C19H27N3O/c1-19(2,3)18-10-13-22(20-18)16-6-4-15(5-7-16)8-11-21-12-9-17(23)14-21/h4-7,10,13,17,23H,8-9,11-12,14H2,1-3H3/t17-/m0/s1. The van der Waals surface area contributed by atoms with Crippen LogP contribution < -0.4 is 0 Å². The van der Waals surface area contributed by atoms with Gasteiger partial charge in [0.05, 0.1) is 17.5 Å². The van der Waals surface area contributed by atoms with Crippen LogP contribution in [0.1, 0.15) is 38.4 Å². The molecule has 1 atom stereocenters. The lowest BCUT2D eigenvalue weighted by molar-refractivity contribution is 0.177. The average molecular weight is 313 g/mol. The first-order valence-corrected chi connectivity index (χ1v) is 8.48. The summed E-state index contributed by atoms with van der Waals surface area (Å²) in [5.41, 5.74) is 3.61. The summed E-state index contributed by atoms with van der Waals surface area (Å²) < 4.78 is 1.95. The molecule has 0 amide bonds. The zero-order valence-corrected chi connectivity index (χ0v) is 14.4. The van der Waals surface area contributed by atoms with E-state index in [-0.39, 0.29) is 11.5 Å². The molecule has 1 aliphatic rings. The largest absolute Gasteiger partial charge is 0.392 e. The molecule has 0 spiro atoms. The highest BCUT2D eigenvalue weighted by Crippen LogP contribution is 2.21. The minimum atomic E-state index is -0.130. The zero-order valence-electron chi connectivity index (χ0n) is 14.4. The van der Waals surface area contributed by atoms with E-state index in [1.165, 1.54) is 5.56 Å². The molecule has 1 N–H and O–H groups in total. The van der Waals surface area contributed by atoms with Gasteiger partial charge in [-0.25, -0.2) is 4.68 Å². The maximum atomic E-state index is 9.57. The molecule has 23 heavy (non-hydrogen) atoms. The summed E-state index contributed by atoms with van der Waals surface area (Å²) in [6.45, 7) is 9.39. The molecular weight excluding hydrogens is 286 g/mol. The second-order valence-electron chi connectivity index (χ2n) is 7.56. The molecule has 1 saturated heterocycles. The molecule has 0 saturated carbocycles. The Bertz CT molecular complexity index is 639. The molecule has 0 unspecified atom stereocenters. The SMILES string of the molecule is CC(C)(C)c1ccn(-c2ccc(CCN3CC[C@H](O)C3)cc2)n1. The quantitative estimate of drug-likeness (QED) is 0.943. The van der Waals surface area contributed by atoms with E-state index in [0.717, 1.165) is 43.9 Å². The molecule has 2 aromatic rings. The Morgan fingerprint density at radius 3 is 2.48 bits per heavy atom. The van der Waals surface area contributed by atoms with Crippen LogP contribution >= 0.6 is 0 Å². The first kappa shape index (κ1) is 16.2. The van der Waals surface area contributed by atoms with Gasteiger partial charge < -0.3 is 10.0 Å². The van der Waals surface area contributed by atoms with Crippen LogP contribution in [0.2, 0.25) is 0 Å². The van der Waals surface area contributed by atoms with Crippen LogP contribution in [0.5, 0.6) is 0 Å². The highest BCUT2D eigenvalue weighted by Gasteiger charge is 2.19. The van der Waals surface area contributed by atoms with Gasteiger partial charge >= 0.3 is 0 Å². The van der Waals surface area contributed by atoms with Crippen molar-refractivity contribution in [2.45, 2.75) is 45.1 Å². The van der Waals surface area contributed by atoms with Gasteiger partial charge in [-0.1, -0.05) is 32.9 Å². The Morgan fingerprint density at radius 1 is 1.17 bits per heavy atom. The molecule has 124 valence electrons. The third-order valence-corrected chi connectivity index (χ3v) is 4.52. The van der Waals surface area contributed by atoms with Crippen molar-refractivity contribution in [3.63, 3.8) is 0 Å². The van der Waals surface area contributed by atoms with E-state index < -0.39 is 0 Å². The van der Waals surface area contributed by atoms with Crippen LogP contribution in [0.15, 0.2) is 36.5 Å². The summed E-state index contributed by atoms with van der Waals surface area (Å²) >= 11 is 0. The van der Waals surface area contributed by atoms with Gasteiger partial charge in [0.25, 0.3) is 0 Å². The fourth-order valence-electron chi connectivity index (χ4n) is 2.99. The molecule has 0 aliphatic carbocycles. The molecule has 3 rings (SSSR count). The molecule has 4 nitrogen and oxygen atoms in total. The van der Waals surface area contributed by atoms with Crippen molar-refractivity contribution >= 4 is 0 Å². The van der Waals surface area contributed by atoms with Gasteiger partial charge in [-0.3, -0.25) is 0 Å². The number of hydrogen-bond donors (Lipinski definition) is 1. The Balaban J connectivity index is 1.61. The summed E-state index contributed by atoms with van der Waals surface area (Å²) in [7, 11) is 0. The van der Waals surface area contributed by atoms with E-state index in [2.05, 4.69) is 61.1 Å². The fourth-order valence-corrected chi connectivity index (χ4v) is 2.99. The Morgan fingerprint density at radius 2 is 1.91 bits per heavy atom. The zero-order chi connectivity index (χ0) is 16.4. The number of hydrogen-bond acceptors (Lipinski definition) is 3. The number of β-amino-alcohol motifs (C(OH)–C–C–N with tert-alkyl or cyclic N) is 1. The van der Waals surface area contributed by atoms with E-state index in [1.54, 1.807) is 0 Å². The van der Waals surface area contributed by atoms with Crippen LogP contribution in [0, 0.1) is 0 Å².